The van der Waals surface area contributed by atoms with E-state index < -0.39 is 23.9 Å². The number of rotatable bonds is 7. The van der Waals surface area contributed by atoms with Crippen molar-refractivity contribution in [3.63, 3.8) is 0 Å². The lowest BCUT2D eigenvalue weighted by Crippen LogP contribution is -2.32. The lowest BCUT2D eigenvalue weighted by atomic mass is 10.0. The number of nitrogens with zero attached hydrogens (tertiary/aromatic N) is 1. The normalized spacial score (nSPS) is 11.8. The van der Waals surface area contributed by atoms with Crippen molar-refractivity contribution >= 4 is 46.2 Å². The van der Waals surface area contributed by atoms with Crippen molar-refractivity contribution in [1.82, 2.24) is 4.98 Å². The van der Waals surface area contributed by atoms with E-state index in [2.05, 4.69) is 10.3 Å². The molecule has 0 aliphatic heterocycles. The van der Waals surface area contributed by atoms with Crippen molar-refractivity contribution in [2.45, 2.75) is 12.5 Å². The maximum Gasteiger partial charge on any atom is 0.339 e. The highest BCUT2D eigenvalue weighted by Gasteiger charge is 2.23. The van der Waals surface area contributed by atoms with Gasteiger partial charge in [-0.1, -0.05) is 23.7 Å². The zero-order valence-electron chi connectivity index (χ0n) is 14.8. The Labute approximate surface area is 169 Å². The summed E-state index contributed by atoms with van der Waals surface area (Å²) in [5.41, 5.74) is 0.733. The summed E-state index contributed by atoms with van der Waals surface area (Å²) in [6, 6.07) is 10.8. The van der Waals surface area contributed by atoms with Crippen LogP contribution >= 0.6 is 11.6 Å². The highest BCUT2D eigenvalue weighted by atomic mass is 35.5. The third-order valence-electron chi connectivity index (χ3n) is 4.23. The first-order chi connectivity index (χ1) is 13.7. The first kappa shape index (κ1) is 20.1. The van der Waals surface area contributed by atoms with E-state index in [1.807, 2.05) is 0 Å². The van der Waals surface area contributed by atoms with Gasteiger partial charge in [0.05, 0.1) is 11.1 Å². The fourth-order valence-corrected chi connectivity index (χ4v) is 3.03. The van der Waals surface area contributed by atoms with Gasteiger partial charge in [0.15, 0.2) is 0 Å². The van der Waals surface area contributed by atoms with Gasteiger partial charge in [-0.05, 0) is 42.0 Å². The summed E-state index contributed by atoms with van der Waals surface area (Å²) < 4.78 is 0. The molecule has 1 unspecified atom stereocenters. The van der Waals surface area contributed by atoms with Gasteiger partial charge < -0.3 is 20.6 Å². The van der Waals surface area contributed by atoms with E-state index in [1.54, 1.807) is 24.3 Å². The van der Waals surface area contributed by atoms with Crippen LogP contribution in [0.2, 0.25) is 5.02 Å². The van der Waals surface area contributed by atoms with Crippen molar-refractivity contribution in [1.29, 1.82) is 0 Å². The van der Waals surface area contributed by atoms with Crippen LogP contribution in [0.5, 0.6) is 0 Å². The minimum Gasteiger partial charge on any atom is -0.480 e. The number of carbonyl (C=O) groups is 3. The van der Waals surface area contributed by atoms with E-state index in [1.165, 1.54) is 24.3 Å². The maximum atomic E-state index is 11.7. The Bertz CT molecular complexity index is 1130. The molecule has 1 aromatic heterocycles. The van der Waals surface area contributed by atoms with Crippen molar-refractivity contribution in [3.8, 4) is 0 Å². The molecule has 0 aliphatic rings. The fourth-order valence-electron chi connectivity index (χ4n) is 2.85. The Morgan fingerprint density at radius 1 is 1.00 bits per heavy atom. The smallest absolute Gasteiger partial charge is 0.339 e. The summed E-state index contributed by atoms with van der Waals surface area (Å²) >= 11 is 5.93. The molecule has 0 fully saturated rings. The van der Waals surface area contributed by atoms with Crippen LogP contribution in [0.4, 0.5) is 5.82 Å². The molecule has 8 nitrogen and oxygen atoms in total. The summed E-state index contributed by atoms with van der Waals surface area (Å²) in [6.45, 7) is 0. The number of aromatic nitrogens is 1. The minimum atomic E-state index is -1.28. The summed E-state index contributed by atoms with van der Waals surface area (Å²) in [5, 5.41) is 31.8. The number of aromatic carboxylic acids is 2. The molecule has 4 N–H and O–H groups in total. The van der Waals surface area contributed by atoms with Gasteiger partial charge in [0.1, 0.15) is 17.4 Å². The molecule has 2 aromatic carbocycles. The van der Waals surface area contributed by atoms with Crippen molar-refractivity contribution in [3.05, 3.63) is 70.2 Å². The standard InChI is InChI=1S/C20H15ClN2O6/c21-13-4-5-15-12(8-13)9-14(19(26)27)17(22-15)23-16(20(28)29)7-10-2-1-3-11(6-10)18(24)25/h1-6,8-9,16H,7H2,(H,22,23)(H,24,25)(H,26,27)(H,28,29). The van der Waals surface area contributed by atoms with Gasteiger partial charge in [0.2, 0.25) is 0 Å². The predicted molar refractivity (Wildman–Crippen MR) is 106 cm³/mol. The number of pyridine rings is 1. The first-order valence-electron chi connectivity index (χ1n) is 8.40. The van der Waals surface area contributed by atoms with Gasteiger partial charge in [-0.2, -0.15) is 0 Å². The molecule has 29 heavy (non-hydrogen) atoms. The zero-order chi connectivity index (χ0) is 21.1. The second kappa shape index (κ2) is 8.15. The third-order valence-corrected chi connectivity index (χ3v) is 4.47. The van der Waals surface area contributed by atoms with Crippen LogP contribution in [0.25, 0.3) is 10.9 Å². The lowest BCUT2D eigenvalue weighted by molar-refractivity contribution is -0.137. The molecule has 1 atom stereocenters. The lowest BCUT2D eigenvalue weighted by Gasteiger charge is -2.17. The van der Waals surface area contributed by atoms with Crippen LogP contribution in [-0.2, 0) is 11.2 Å². The molecule has 0 spiro atoms. The molecule has 9 heteroatoms. The van der Waals surface area contributed by atoms with Crippen LogP contribution in [0.1, 0.15) is 26.3 Å². The van der Waals surface area contributed by atoms with Gasteiger partial charge in [-0.15, -0.1) is 0 Å². The van der Waals surface area contributed by atoms with Crippen LogP contribution in [-0.4, -0.2) is 44.3 Å². The largest absolute Gasteiger partial charge is 0.480 e. The minimum absolute atomic E-state index is 0.0265. The number of carboxylic acids is 3. The van der Waals surface area contributed by atoms with E-state index >= 15 is 0 Å². The quantitative estimate of drug-likeness (QED) is 0.461. The van der Waals surface area contributed by atoms with Crippen molar-refractivity contribution < 1.29 is 29.7 Å². The maximum absolute atomic E-state index is 11.7. The van der Waals surface area contributed by atoms with Crippen LogP contribution in [0.15, 0.2) is 48.5 Å². The molecule has 148 valence electrons. The molecule has 0 radical (unpaired) electrons. The Kier molecular flexibility index (Phi) is 5.65. The van der Waals surface area contributed by atoms with E-state index in [0.29, 0.717) is 21.5 Å². The topological polar surface area (TPSA) is 137 Å². The van der Waals surface area contributed by atoms with Gasteiger partial charge >= 0.3 is 17.9 Å². The molecular weight excluding hydrogens is 400 g/mol. The molecule has 0 aliphatic carbocycles. The number of anilines is 1. The average Bonchev–Trinajstić information content (AvgIpc) is 2.67. The number of hydrogen-bond donors (Lipinski definition) is 4. The molecule has 0 saturated heterocycles. The zero-order valence-corrected chi connectivity index (χ0v) is 15.6. The van der Waals surface area contributed by atoms with E-state index in [-0.39, 0.29) is 23.4 Å². The number of hydrogen-bond acceptors (Lipinski definition) is 5. The van der Waals surface area contributed by atoms with Crippen molar-refractivity contribution in [2.75, 3.05) is 5.32 Å². The van der Waals surface area contributed by atoms with Crippen LogP contribution in [0, 0.1) is 0 Å². The van der Waals surface area contributed by atoms with Crippen molar-refractivity contribution in [2.24, 2.45) is 0 Å². The summed E-state index contributed by atoms with van der Waals surface area (Å²) in [4.78, 5) is 38.8. The van der Waals surface area contributed by atoms with Gasteiger partial charge in [-0.25, -0.2) is 19.4 Å². The fraction of sp³-hybridized carbons (Fsp3) is 0.100. The first-order valence-corrected chi connectivity index (χ1v) is 8.77. The van der Waals surface area contributed by atoms with Crippen LogP contribution < -0.4 is 5.32 Å². The number of benzene rings is 2. The second-order valence-electron chi connectivity index (χ2n) is 6.27. The highest BCUT2D eigenvalue weighted by Crippen LogP contribution is 2.24. The molecule has 3 aromatic rings. The monoisotopic (exact) mass is 414 g/mol. The van der Waals surface area contributed by atoms with E-state index in [4.69, 9.17) is 16.7 Å². The third kappa shape index (κ3) is 4.61. The van der Waals surface area contributed by atoms with Gasteiger partial charge in [0.25, 0.3) is 0 Å². The molecule has 3 rings (SSSR count). The summed E-state index contributed by atoms with van der Waals surface area (Å²) in [5.74, 6) is -3.75. The molecular formula is C20H15ClN2O6. The summed E-state index contributed by atoms with van der Waals surface area (Å²) in [6.07, 6.45) is -0.0736. The number of halogens is 1. The number of fused-ring (bicyclic) bond motifs is 1. The number of nitrogens with one attached hydrogen (secondary N) is 1. The SMILES string of the molecule is O=C(O)c1cccc(CC(Nc2nc3ccc(Cl)cc3cc2C(=O)O)C(=O)O)c1. The Morgan fingerprint density at radius 3 is 2.41 bits per heavy atom. The highest BCUT2D eigenvalue weighted by molar-refractivity contribution is 6.31. The number of carboxylic acid groups (broad SMARTS) is 3. The summed E-state index contributed by atoms with van der Waals surface area (Å²) in [7, 11) is 0. The Hall–Kier alpha value is -3.65. The second-order valence-corrected chi connectivity index (χ2v) is 6.71. The van der Waals surface area contributed by atoms with Crippen LogP contribution in [0.3, 0.4) is 0 Å². The molecule has 1 heterocycles. The molecule has 0 bridgehead atoms. The predicted octanol–water partition coefficient (Wildman–Crippen LogP) is 3.39. The molecule has 0 saturated carbocycles. The van der Waals surface area contributed by atoms with Gasteiger partial charge in [0, 0.05) is 16.8 Å². The van der Waals surface area contributed by atoms with Gasteiger partial charge in [-0.3, -0.25) is 0 Å². The van der Waals surface area contributed by atoms with E-state index in [0.717, 1.165) is 0 Å². The number of aliphatic carboxylic acids is 1. The van der Waals surface area contributed by atoms with E-state index in [9.17, 15) is 24.6 Å². The molecule has 0 amide bonds. The average molecular weight is 415 g/mol. The Balaban J connectivity index is 1.97. The Morgan fingerprint density at radius 2 is 1.76 bits per heavy atom.